The summed E-state index contributed by atoms with van der Waals surface area (Å²) in [7, 11) is 1.88. The van der Waals surface area contributed by atoms with Crippen LogP contribution in [-0.4, -0.2) is 49.8 Å². The Morgan fingerprint density at radius 2 is 1.92 bits per heavy atom. The van der Waals surface area contributed by atoms with E-state index in [2.05, 4.69) is 6.07 Å². The molecule has 0 bridgehead atoms. The van der Waals surface area contributed by atoms with Crippen molar-refractivity contribution in [1.82, 2.24) is 19.4 Å². The predicted octanol–water partition coefficient (Wildman–Crippen LogP) is 5.37. The van der Waals surface area contributed by atoms with Crippen LogP contribution in [0.25, 0.3) is 16.9 Å². The molecule has 0 aliphatic carbocycles. The van der Waals surface area contributed by atoms with Gasteiger partial charge in [-0.2, -0.15) is 10.2 Å². The molecule has 1 aliphatic rings. The number of anilines is 2. The normalized spacial score (nSPS) is 13.2. The number of carbonyl (C=O) groups is 1. The van der Waals surface area contributed by atoms with Crippen LogP contribution < -0.4 is 4.90 Å². The second-order valence-corrected chi connectivity index (χ2v) is 10.5. The first-order valence-electron chi connectivity index (χ1n) is 12.5. The zero-order valence-corrected chi connectivity index (χ0v) is 22.2. The number of benzene rings is 2. The van der Waals surface area contributed by atoms with Gasteiger partial charge in [0.15, 0.2) is 0 Å². The number of fused-ring (bicyclic) bond motifs is 2. The Balaban J connectivity index is 1.66. The van der Waals surface area contributed by atoms with Crippen LogP contribution in [0.1, 0.15) is 43.3 Å². The fourth-order valence-electron chi connectivity index (χ4n) is 4.79. The average Bonchev–Trinajstić information content (AvgIpc) is 3.22. The van der Waals surface area contributed by atoms with Crippen molar-refractivity contribution in [2.75, 3.05) is 18.5 Å². The van der Waals surface area contributed by atoms with Gasteiger partial charge < -0.3 is 19.6 Å². The molecule has 1 aliphatic heterocycles. The summed E-state index contributed by atoms with van der Waals surface area (Å²) in [6.07, 6.45) is 0.154. The number of nitriles is 1. The number of aryl methyl sites for hydroxylation is 1. The van der Waals surface area contributed by atoms with Crippen molar-refractivity contribution in [2.24, 2.45) is 0 Å². The fourth-order valence-corrected chi connectivity index (χ4v) is 4.79. The third kappa shape index (κ3) is 4.61. The number of amides is 1. The van der Waals surface area contributed by atoms with Gasteiger partial charge in [0.1, 0.15) is 17.2 Å². The van der Waals surface area contributed by atoms with E-state index in [1.165, 1.54) is 0 Å². The van der Waals surface area contributed by atoms with E-state index >= 15 is 0 Å². The molecule has 5 rings (SSSR count). The number of aromatic hydroxyl groups is 1. The van der Waals surface area contributed by atoms with Crippen LogP contribution in [0.3, 0.4) is 0 Å². The number of carbonyl (C=O) groups excluding carboxylic acids is 1. The Bertz CT molecular complexity index is 1590. The number of ether oxygens (including phenoxy) is 1. The van der Waals surface area contributed by atoms with Crippen molar-refractivity contribution in [3.63, 3.8) is 0 Å². The van der Waals surface area contributed by atoms with Gasteiger partial charge in [-0.1, -0.05) is 12.1 Å². The summed E-state index contributed by atoms with van der Waals surface area (Å²) in [5.74, 6) is 1.25. The molecule has 9 nitrogen and oxygen atoms in total. The molecular formula is C29H30N6O3. The zero-order chi connectivity index (χ0) is 27.2. The van der Waals surface area contributed by atoms with Crippen LogP contribution in [0.2, 0.25) is 0 Å². The number of nitrogens with zero attached hydrogens (tertiary/aromatic N) is 6. The van der Waals surface area contributed by atoms with Crippen LogP contribution in [0.4, 0.5) is 16.3 Å². The van der Waals surface area contributed by atoms with E-state index in [0.29, 0.717) is 36.8 Å². The standard InChI is InChI=1S/C29H30N6O3/c1-18-14-22-19(16-30)8-6-11-25(22)35(18)27-31-24-12-13-34(28(37)38-29(2,3)4)17-23(24)26(32-27)33(5)20-9-7-10-21(36)15-20/h6-11,14-15,36H,12-13,17H2,1-5H3. The molecule has 1 amide bonds. The van der Waals surface area contributed by atoms with Crippen LogP contribution in [0.15, 0.2) is 48.5 Å². The number of hydrogen-bond acceptors (Lipinski definition) is 7. The first-order chi connectivity index (χ1) is 18.1. The molecule has 3 heterocycles. The van der Waals surface area contributed by atoms with Gasteiger partial charge in [-0.3, -0.25) is 4.57 Å². The van der Waals surface area contributed by atoms with Crippen molar-refractivity contribution in [3.05, 3.63) is 71.0 Å². The molecule has 2 aromatic carbocycles. The van der Waals surface area contributed by atoms with Crippen molar-refractivity contribution in [1.29, 1.82) is 5.26 Å². The van der Waals surface area contributed by atoms with E-state index in [0.717, 1.165) is 33.5 Å². The molecule has 0 saturated heterocycles. The van der Waals surface area contributed by atoms with Crippen LogP contribution in [0.5, 0.6) is 5.75 Å². The van der Waals surface area contributed by atoms with E-state index in [9.17, 15) is 15.2 Å². The maximum absolute atomic E-state index is 12.9. The zero-order valence-electron chi connectivity index (χ0n) is 22.2. The highest BCUT2D eigenvalue weighted by molar-refractivity contribution is 5.88. The van der Waals surface area contributed by atoms with Crippen LogP contribution >= 0.6 is 0 Å². The minimum absolute atomic E-state index is 0.143. The largest absolute Gasteiger partial charge is 0.508 e. The SMILES string of the molecule is Cc1cc2c(C#N)cccc2n1-c1nc2c(c(N(C)c3cccc(O)c3)n1)CN(C(=O)OC(C)(C)C)CC2. The first-order valence-corrected chi connectivity index (χ1v) is 12.5. The Morgan fingerprint density at radius 1 is 1.16 bits per heavy atom. The van der Waals surface area contributed by atoms with E-state index < -0.39 is 5.60 Å². The number of phenols is 1. The highest BCUT2D eigenvalue weighted by Gasteiger charge is 2.30. The molecule has 0 radical (unpaired) electrons. The first kappa shape index (κ1) is 25.1. The molecule has 0 spiro atoms. The second kappa shape index (κ2) is 9.38. The third-order valence-electron chi connectivity index (χ3n) is 6.56. The monoisotopic (exact) mass is 510 g/mol. The highest BCUT2D eigenvalue weighted by atomic mass is 16.6. The molecule has 0 saturated carbocycles. The molecule has 38 heavy (non-hydrogen) atoms. The lowest BCUT2D eigenvalue weighted by Crippen LogP contribution is -2.41. The predicted molar refractivity (Wildman–Crippen MR) is 145 cm³/mol. The van der Waals surface area contributed by atoms with E-state index in [1.807, 2.05) is 68.5 Å². The fraction of sp³-hybridized carbons (Fsp3) is 0.310. The molecule has 9 heteroatoms. The number of aromatic nitrogens is 3. The molecule has 194 valence electrons. The summed E-state index contributed by atoms with van der Waals surface area (Å²) < 4.78 is 7.59. The maximum Gasteiger partial charge on any atom is 0.410 e. The van der Waals surface area contributed by atoms with Crippen molar-refractivity contribution in [2.45, 2.75) is 46.3 Å². The number of phenolic OH excluding ortho intramolecular Hbond substituents is 1. The molecule has 0 atom stereocenters. The van der Waals surface area contributed by atoms with Crippen molar-refractivity contribution < 1.29 is 14.6 Å². The van der Waals surface area contributed by atoms with Gasteiger partial charge in [0, 0.05) is 48.4 Å². The van der Waals surface area contributed by atoms with E-state index in [4.69, 9.17) is 14.7 Å². The maximum atomic E-state index is 12.9. The van der Waals surface area contributed by atoms with Crippen molar-refractivity contribution in [3.8, 4) is 17.8 Å². The minimum atomic E-state index is -0.603. The highest BCUT2D eigenvalue weighted by Crippen LogP contribution is 2.34. The third-order valence-corrected chi connectivity index (χ3v) is 6.56. The summed E-state index contributed by atoms with van der Waals surface area (Å²) in [6, 6.07) is 16.8. The lowest BCUT2D eigenvalue weighted by Gasteiger charge is -2.33. The van der Waals surface area contributed by atoms with Gasteiger partial charge in [0.2, 0.25) is 5.95 Å². The van der Waals surface area contributed by atoms with Gasteiger partial charge in [0.05, 0.1) is 29.4 Å². The van der Waals surface area contributed by atoms with Gasteiger partial charge >= 0.3 is 6.09 Å². The Morgan fingerprint density at radius 3 is 2.63 bits per heavy atom. The van der Waals surface area contributed by atoms with Gasteiger partial charge in [-0.05, 0) is 58.0 Å². The Labute approximate surface area is 221 Å². The van der Waals surface area contributed by atoms with Gasteiger partial charge in [0.25, 0.3) is 0 Å². The molecule has 0 unspecified atom stereocenters. The molecule has 4 aromatic rings. The average molecular weight is 511 g/mol. The Kier molecular flexibility index (Phi) is 6.19. The van der Waals surface area contributed by atoms with Gasteiger partial charge in [-0.15, -0.1) is 0 Å². The van der Waals surface area contributed by atoms with E-state index in [1.54, 1.807) is 29.2 Å². The quantitative estimate of drug-likeness (QED) is 0.395. The molecule has 2 aromatic heterocycles. The Hall–Kier alpha value is -4.58. The topological polar surface area (TPSA) is 108 Å². The summed E-state index contributed by atoms with van der Waals surface area (Å²) in [4.78, 5) is 26.4. The lowest BCUT2D eigenvalue weighted by molar-refractivity contribution is 0.0223. The second-order valence-electron chi connectivity index (χ2n) is 10.5. The number of rotatable bonds is 3. The minimum Gasteiger partial charge on any atom is -0.508 e. The van der Waals surface area contributed by atoms with Crippen molar-refractivity contribution >= 4 is 28.5 Å². The summed E-state index contributed by atoms with van der Waals surface area (Å²) in [5.41, 5.74) is 4.14. The molecule has 1 N–H and O–H groups in total. The molecular weight excluding hydrogens is 480 g/mol. The van der Waals surface area contributed by atoms with Gasteiger partial charge in [-0.25, -0.2) is 9.78 Å². The molecule has 0 fully saturated rings. The number of hydrogen-bond donors (Lipinski definition) is 1. The summed E-state index contributed by atoms with van der Waals surface area (Å²) in [6.45, 7) is 8.28. The smallest absolute Gasteiger partial charge is 0.410 e. The summed E-state index contributed by atoms with van der Waals surface area (Å²) >= 11 is 0. The summed E-state index contributed by atoms with van der Waals surface area (Å²) in [5, 5.41) is 20.6. The van der Waals surface area contributed by atoms with E-state index in [-0.39, 0.29) is 11.8 Å². The van der Waals surface area contributed by atoms with Crippen LogP contribution in [0, 0.1) is 18.3 Å². The lowest BCUT2D eigenvalue weighted by atomic mass is 10.1. The van der Waals surface area contributed by atoms with Crippen LogP contribution in [-0.2, 0) is 17.7 Å².